The predicted molar refractivity (Wildman–Crippen MR) is 61.2 cm³/mol. The maximum absolute atomic E-state index is 10.4. The van der Waals surface area contributed by atoms with Gasteiger partial charge in [-0.2, -0.15) is 0 Å². The van der Waals surface area contributed by atoms with E-state index in [1.165, 1.54) is 24.3 Å². The van der Waals surface area contributed by atoms with Gasteiger partial charge in [0.25, 0.3) is 5.69 Å². The van der Waals surface area contributed by atoms with Crippen LogP contribution in [0.15, 0.2) is 29.4 Å². The molecule has 7 heteroatoms. The third-order valence-electron chi connectivity index (χ3n) is 2.02. The molecule has 0 heterocycles. The lowest BCUT2D eigenvalue weighted by Crippen LogP contribution is -2.12. The second kappa shape index (κ2) is 6.31. The molecule has 1 aromatic rings. The van der Waals surface area contributed by atoms with Gasteiger partial charge >= 0.3 is 0 Å². The second-order valence-electron chi connectivity index (χ2n) is 3.29. The highest BCUT2D eigenvalue weighted by atomic mass is 16.6. The first-order chi connectivity index (χ1) is 8.13. The Morgan fingerprint density at radius 2 is 2.12 bits per heavy atom. The summed E-state index contributed by atoms with van der Waals surface area (Å²) >= 11 is 0. The van der Waals surface area contributed by atoms with Crippen molar-refractivity contribution < 1.29 is 14.9 Å². The molecule has 92 valence electrons. The lowest BCUT2D eigenvalue weighted by atomic mass is 10.3. The lowest BCUT2D eigenvalue weighted by molar-refractivity contribution is -0.384. The molecule has 0 aliphatic heterocycles. The summed E-state index contributed by atoms with van der Waals surface area (Å²) in [6.07, 6.45) is 1.04. The van der Waals surface area contributed by atoms with E-state index in [0.29, 0.717) is 25.2 Å². The van der Waals surface area contributed by atoms with Crippen molar-refractivity contribution in [2.24, 2.45) is 10.9 Å². The molecule has 3 N–H and O–H groups in total. The van der Waals surface area contributed by atoms with Crippen LogP contribution in [0.4, 0.5) is 5.69 Å². The van der Waals surface area contributed by atoms with Crippen LogP contribution in [0, 0.1) is 10.1 Å². The number of oxime groups is 1. The number of nitrogens with two attached hydrogens (primary N) is 1. The van der Waals surface area contributed by atoms with Gasteiger partial charge < -0.3 is 15.7 Å². The minimum absolute atomic E-state index is 0.0222. The van der Waals surface area contributed by atoms with E-state index >= 15 is 0 Å². The van der Waals surface area contributed by atoms with Gasteiger partial charge in [-0.25, -0.2) is 0 Å². The predicted octanol–water partition coefficient (Wildman–Crippen LogP) is 1.50. The normalized spacial score (nSPS) is 11.2. The van der Waals surface area contributed by atoms with Crippen LogP contribution in [0.5, 0.6) is 5.75 Å². The highest BCUT2D eigenvalue weighted by molar-refractivity contribution is 5.79. The molecule has 0 radical (unpaired) electrons. The Hall–Kier alpha value is -2.31. The van der Waals surface area contributed by atoms with E-state index in [4.69, 9.17) is 15.7 Å². The molecule has 0 bridgehead atoms. The van der Waals surface area contributed by atoms with Crippen LogP contribution in [0.3, 0.4) is 0 Å². The van der Waals surface area contributed by atoms with Crippen LogP contribution in [0.25, 0.3) is 0 Å². The minimum atomic E-state index is -0.470. The number of benzene rings is 1. The average Bonchev–Trinajstić information content (AvgIpc) is 2.34. The molecule has 1 rings (SSSR count). The Bertz CT molecular complexity index is 403. The summed E-state index contributed by atoms with van der Waals surface area (Å²) in [4.78, 5) is 9.92. The van der Waals surface area contributed by atoms with Gasteiger partial charge in [0.2, 0.25) is 0 Å². The number of non-ortho nitro benzene ring substituents is 1. The van der Waals surface area contributed by atoms with E-state index in [1.54, 1.807) is 0 Å². The third-order valence-corrected chi connectivity index (χ3v) is 2.02. The Morgan fingerprint density at radius 1 is 1.47 bits per heavy atom. The summed E-state index contributed by atoms with van der Waals surface area (Å²) in [5.41, 5.74) is 5.30. The molecule has 0 fully saturated rings. The zero-order chi connectivity index (χ0) is 12.7. The van der Waals surface area contributed by atoms with Crippen molar-refractivity contribution in [1.29, 1.82) is 0 Å². The fourth-order valence-electron chi connectivity index (χ4n) is 1.16. The number of nitro groups is 1. The van der Waals surface area contributed by atoms with E-state index in [1.807, 2.05) is 0 Å². The molecule has 0 aliphatic rings. The quantitative estimate of drug-likeness (QED) is 0.195. The number of rotatable bonds is 6. The first-order valence-corrected chi connectivity index (χ1v) is 4.97. The van der Waals surface area contributed by atoms with Crippen molar-refractivity contribution >= 4 is 11.5 Å². The molecular weight excluding hydrogens is 226 g/mol. The minimum Gasteiger partial charge on any atom is -0.494 e. The first-order valence-electron chi connectivity index (χ1n) is 4.97. The van der Waals surface area contributed by atoms with Gasteiger partial charge in [0.1, 0.15) is 11.6 Å². The summed E-state index contributed by atoms with van der Waals surface area (Å²) < 4.78 is 5.32. The lowest BCUT2D eigenvalue weighted by Gasteiger charge is -2.04. The van der Waals surface area contributed by atoms with Crippen molar-refractivity contribution in [3.8, 4) is 5.75 Å². The van der Waals surface area contributed by atoms with E-state index in [2.05, 4.69) is 5.16 Å². The van der Waals surface area contributed by atoms with Crippen LogP contribution in [-0.2, 0) is 0 Å². The number of amidine groups is 1. The smallest absolute Gasteiger partial charge is 0.269 e. The Morgan fingerprint density at radius 3 is 2.65 bits per heavy atom. The van der Waals surface area contributed by atoms with Crippen molar-refractivity contribution in [3.63, 3.8) is 0 Å². The molecule has 7 nitrogen and oxygen atoms in total. The summed E-state index contributed by atoms with van der Waals surface area (Å²) in [7, 11) is 0. The van der Waals surface area contributed by atoms with Gasteiger partial charge in [-0.05, 0) is 18.6 Å². The Kier molecular flexibility index (Phi) is 4.74. The number of nitro benzene ring substituents is 1. The molecule has 0 saturated heterocycles. The molecule has 0 unspecified atom stereocenters. The van der Waals surface area contributed by atoms with Crippen molar-refractivity contribution in [2.75, 3.05) is 6.61 Å². The molecule has 17 heavy (non-hydrogen) atoms. The zero-order valence-corrected chi connectivity index (χ0v) is 9.07. The van der Waals surface area contributed by atoms with Gasteiger partial charge in [-0.15, -0.1) is 0 Å². The highest BCUT2D eigenvalue weighted by Gasteiger charge is 2.04. The van der Waals surface area contributed by atoms with Crippen LogP contribution < -0.4 is 10.5 Å². The number of nitrogens with zero attached hydrogens (tertiary/aromatic N) is 2. The number of hydrogen-bond acceptors (Lipinski definition) is 5. The summed E-state index contributed by atoms with van der Waals surface area (Å²) in [6.45, 7) is 0.397. The molecule has 0 spiro atoms. The molecule has 0 atom stereocenters. The Balaban J connectivity index is 2.35. The van der Waals surface area contributed by atoms with Crippen LogP contribution in [-0.4, -0.2) is 22.6 Å². The van der Waals surface area contributed by atoms with Crippen LogP contribution in [0.2, 0.25) is 0 Å². The number of ether oxygens (including phenoxy) is 1. The van der Waals surface area contributed by atoms with Crippen LogP contribution in [0.1, 0.15) is 12.8 Å². The SMILES string of the molecule is N/C(CCCOc1ccc([N+](=O)[O-])cc1)=N\O. The third kappa shape index (κ3) is 4.37. The maximum atomic E-state index is 10.4. The van der Waals surface area contributed by atoms with Gasteiger partial charge in [-0.3, -0.25) is 10.1 Å². The molecule has 1 aromatic carbocycles. The average molecular weight is 239 g/mol. The van der Waals surface area contributed by atoms with Crippen molar-refractivity contribution in [2.45, 2.75) is 12.8 Å². The van der Waals surface area contributed by atoms with Crippen molar-refractivity contribution in [3.05, 3.63) is 34.4 Å². The van der Waals surface area contributed by atoms with Crippen molar-refractivity contribution in [1.82, 2.24) is 0 Å². The van der Waals surface area contributed by atoms with E-state index < -0.39 is 4.92 Å². The van der Waals surface area contributed by atoms with Gasteiger partial charge in [0.15, 0.2) is 0 Å². The summed E-state index contributed by atoms with van der Waals surface area (Å²) in [6, 6.07) is 5.81. The van der Waals surface area contributed by atoms with Gasteiger partial charge in [-0.1, -0.05) is 5.16 Å². The van der Waals surface area contributed by atoms with Crippen LogP contribution >= 0.6 is 0 Å². The van der Waals surface area contributed by atoms with E-state index in [0.717, 1.165) is 0 Å². The largest absolute Gasteiger partial charge is 0.494 e. The standard InChI is InChI=1S/C10H13N3O4/c11-10(12-14)2-1-7-17-9-5-3-8(4-6-9)13(15)16/h3-6,14H,1-2,7H2,(H2,11,12). The topological polar surface area (TPSA) is 111 Å². The second-order valence-corrected chi connectivity index (χ2v) is 3.29. The molecule has 0 aromatic heterocycles. The highest BCUT2D eigenvalue weighted by Crippen LogP contribution is 2.17. The van der Waals surface area contributed by atoms with E-state index in [-0.39, 0.29) is 11.5 Å². The van der Waals surface area contributed by atoms with Gasteiger partial charge in [0.05, 0.1) is 11.5 Å². The molecular formula is C10H13N3O4. The molecule has 0 aliphatic carbocycles. The zero-order valence-electron chi connectivity index (χ0n) is 9.07. The van der Waals surface area contributed by atoms with Gasteiger partial charge in [0, 0.05) is 18.6 Å². The number of hydrogen-bond donors (Lipinski definition) is 2. The monoisotopic (exact) mass is 239 g/mol. The fraction of sp³-hybridized carbons (Fsp3) is 0.300. The fourth-order valence-corrected chi connectivity index (χ4v) is 1.16. The maximum Gasteiger partial charge on any atom is 0.269 e. The summed E-state index contributed by atoms with van der Waals surface area (Å²) in [5.74, 6) is 0.701. The molecule has 0 saturated carbocycles. The summed E-state index contributed by atoms with van der Waals surface area (Å²) in [5, 5.41) is 21.5. The first kappa shape index (κ1) is 12.8. The molecule has 0 amide bonds. The van der Waals surface area contributed by atoms with E-state index in [9.17, 15) is 10.1 Å². The Labute approximate surface area is 97.6 Å².